The Morgan fingerprint density at radius 1 is 1.33 bits per heavy atom. The van der Waals surface area contributed by atoms with Crippen LogP contribution in [0.3, 0.4) is 0 Å². The van der Waals surface area contributed by atoms with Gasteiger partial charge < -0.3 is 11.1 Å². The number of thiocarbonyl (C=S) groups is 1. The highest BCUT2D eigenvalue weighted by Crippen LogP contribution is 2.31. The zero-order valence-electron chi connectivity index (χ0n) is 17.1. The van der Waals surface area contributed by atoms with Crippen LogP contribution in [0.2, 0.25) is 0 Å². The number of amides is 1. The van der Waals surface area contributed by atoms with Crippen molar-refractivity contribution in [3.63, 3.8) is 0 Å². The van der Waals surface area contributed by atoms with E-state index < -0.39 is 17.7 Å². The van der Waals surface area contributed by atoms with Crippen LogP contribution in [0.25, 0.3) is 5.57 Å². The highest BCUT2D eigenvalue weighted by atomic mass is 32.1. The lowest BCUT2D eigenvalue weighted by atomic mass is 9.89. The van der Waals surface area contributed by atoms with Gasteiger partial charge in [0.1, 0.15) is 0 Å². The van der Waals surface area contributed by atoms with E-state index in [1.165, 1.54) is 6.07 Å². The molecule has 0 fully saturated rings. The molecule has 0 saturated heterocycles. The average Bonchev–Trinajstić information content (AvgIpc) is 3.03. The van der Waals surface area contributed by atoms with Crippen molar-refractivity contribution in [2.75, 3.05) is 6.54 Å². The minimum atomic E-state index is -0.926. The van der Waals surface area contributed by atoms with E-state index in [0.29, 0.717) is 22.4 Å². The van der Waals surface area contributed by atoms with Crippen LogP contribution in [0.1, 0.15) is 30.2 Å². The molecule has 0 spiro atoms. The highest BCUT2D eigenvalue weighted by Gasteiger charge is 2.25. The molecule has 158 valence electrons. The van der Waals surface area contributed by atoms with Crippen molar-refractivity contribution in [3.8, 4) is 0 Å². The summed E-state index contributed by atoms with van der Waals surface area (Å²) in [4.78, 5) is 13.4. The van der Waals surface area contributed by atoms with Crippen LogP contribution in [-0.4, -0.2) is 33.1 Å². The number of halogens is 2. The Labute approximate surface area is 179 Å². The van der Waals surface area contributed by atoms with E-state index in [4.69, 9.17) is 18.0 Å². The zero-order chi connectivity index (χ0) is 22.0. The number of hydrogen-bond donors (Lipinski definition) is 2. The maximum atomic E-state index is 13.5. The van der Waals surface area contributed by atoms with Crippen molar-refractivity contribution < 1.29 is 13.6 Å². The van der Waals surface area contributed by atoms with E-state index in [-0.39, 0.29) is 18.9 Å². The van der Waals surface area contributed by atoms with Gasteiger partial charge in [-0.05, 0) is 60.8 Å². The van der Waals surface area contributed by atoms with Crippen LogP contribution in [0.15, 0.2) is 41.6 Å². The van der Waals surface area contributed by atoms with Gasteiger partial charge >= 0.3 is 0 Å². The number of rotatable bonds is 6. The monoisotopic (exact) mass is 430 g/mol. The molecular weight excluding hydrogens is 406 g/mol. The molecule has 3 N–H and O–H groups in total. The van der Waals surface area contributed by atoms with Crippen molar-refractivity contribution in [3.05, 3.63) is 70.1 Å². The summed E-state index contributed by atoms with van der Waals surface area (Å²) in [5.74, 6) is -2.16. The molecule has 1 heterocycles. The molecule has 3 rings (SSSR count). The molecule has 1 atom stereocenters. The number of carbonyl (C=O) groups is 1. The van der Waals surface area contributed by atoms with E-state index >= 15 is 0 Å². The summed E-state index contributed by atoms with van der Waals surface area (Å²) < 4.78 is 28.4. The number of nitrogens with zero attached hydrogens (tertiary/aromatic N) is 2. The van der Waals surface area contributed by atoms with E-state index in [1.807, 2.05) is 25.6 Å². The van der Waals surface area contributed by atoms with Gasteiger partial charge in [0.05, 0.1) is 17.5 Å². The van der Waals surface area contributed by atoms with Crippen molar-refractivity contribution in [1.82, 2.24) is 15.1 Å². The van der Waals surface area contributed by atoms with Crippen LogP contribution in [0.5, 0.6) is 0 Å². The Hall–Kier alpha value is -2.71. The molecule has 0 aliphatic heterocycles. The summed E-state index contributed by atoms with van der Waals surface area (Å²) in [5.41, 5.74) is 10.8. The Morgan fingerprint density at radius 2 is 2.07 bits per heavy atom. The molecule has 0 radical (unpaired) electrons. The molecule has 1 aliphatic rings. The quantitative estimate of drug-likeness (QED) is 0.691. The first kappa shape index (κ1) is 22.0. The van der Waals surface area contributed by atoms with Crippen LogP contribution in [0, 0.1) is 18.6 Å². The lowest BCUT2D eigenvalue weighted by Crippen LogP contribution is -2.43. The molecule has 1 aromatic carbocycles. The number of aromatic nitrogens is 2. The molecule has 8 heteroatoms. The van der Waals surface area contributed by atoms with Gasteiger partial charge in [-0.2, -0.15) is 5.10 Å². The SMILES string of the molecule is CC1=C(c2c(C)cnn2C)CC(=S)C(C(=O)N[C@H](CN)Cc2ccc(F)c(F)c2)=C1. The van der Waals surface area contributed by atoms with Crippen molar-refractivity contribution in [2.24, 2.45) is 12.8 Å². The minimum Gasteiger partial charge on any atom is -0.348 e. The summed E-state index contributed by atoms with van der Waals surface area (Å²) in [6, 6.07) is 3.22. The second-order valence-electron chi connectivity index (χ2n) is 7.48. The largest absolute Gasteiger partial charge is 0.348 e. The maximum absolute atomic E-state index is 13.5. The number of benzene rings is 1. The van der Waals surface area contributed by atoms with Crippen LogP contribution >= 0.6 is 12.2 Å². The molecule has 5 nitrogen and oxygen atoms in total. The van der Waals surface area contributed by atoms with Gasteiger partial charge in [-0.25, -0.2) is 8.78 Å². The van der Waals surface area contributed by atoms with Gasteiger partial charge in [-0.1, -0.05) is 18.3 Å². The normalized spacial score (nSPS) is 15.3. The van der Waals surface area contributed by atoms with E-state index in [1.54, 1.807) is 12.3 Å². The fourth-order valence-electron chi connectivity index (χ4n) is 3.63. The average molecular weight is 431 g/mol. The number of hydrogen-bond acceptors (Lipinski definition) is 4. The van der Waals surface area contributed by atoms with Gasteiger partial charge in [0.15, 0.2) is 11.6 Å². The summed E-state index contributed by atoms with van der Waals surface area (Å²) in [6.45, 7) is 4.08. The molecule has 1 aliphatic carbocycles. The topological polar surface area (TPSA) is 72.9 Å². The molecule has 30 heavy (non-hydrogen) atoms. The van der Waals surface area contributed by atoms with E-state index in [9.17, 15) is 13.6 Å². The molecule has 1 aromatic heterocycles. The van der Waals surface area contributed by atoms with Crippen LogP contribution < -0.4 is 11.1 Å². The third kappa shape index (κ3) is 4.55. The summed E-state index contributed by atoms with van der Waals surface area (Å²) >= 11 is 5.53. The first-order valence-corrected chi connectivity index (χ1v) is 10.0. The molecule has 2 aromatic rings. The van der Waals surface area contributed by atoms with Crippen molar-refractivity contribution >= 4 is 28.6 Å². The lowest BCUT2D eigenvalue weighted by Gasteiger charge is -2.22. The Balaban J connectivity index is 1.79. The van der Waals surface area contributed by atoms with Gasteiger partial charge in [-0.15, -0.1) is 0 Å². The zero-order valence-corrected chi connectivity index (χ0v) is 17.9. The predicted molar refractivity (Wildman–Crippen MR) is 117 cm³/mol. The Bertz CT molecular complexity index is 1050. The summed E-state index contributed by atoms with van der Waals surface area (Å²) in [6.07, 6.45) is 4.34. The first-order valence-electron chi connectivity index (χ1n) is 9.59. The molecule has 0 bridgehead atoms. The molecule has 0 saturated carbocycles. The van der Waals surface area contributed by atoms with Gasteiger partial charge in [0.25, 0.3) is 5.91 Å². The van der Waals surface area contributed by atoms with Gasteiger partial charge in [0.2, 0.25) is 0 Å². The first-order chi connectivity index (χ1) is 14.2. The number of aryl methyl sites for hydroxylation is 2. The molecule has 0 unspecified atom stereocenters. The lowest BCUT2D eigenvalue weighted by molar-refractivity contribution is -0.117. The van der Waals surface area contributed by atoms with Crippen molar-refractivity contribution in [1.29, 1.82) is 0 Å². The van der Waals surface area contributed by atoms with Crippen LogP contribution in [-0.2, 0) is 18.3 Å². The minimum absolute atomic E-state index is 0.152. The smallest absolute Gasteiger partial charge is 0.252 e. The fourth-order valence-corrected chi connectivity index (χ4v) is 3.93. The number of nitrogens with one attached hydrogen (secondary N) is 1. The number of carbonyl (C=O) groups excluding carboxylic acids is 1. The van der Waals surface area contributed by atoms with E-state index in [0.717, 1.165) is 34.5 Å². The maximum Gasteiger partial charge on any atom is 0.252 e. The predicted octanol–water partition coefficient (Wildman–Crippen LogP) is 3.17. The standard InChI is InChI=1S/C22H24F2N4OS/c1-12-6-17(20(30)9-16(12)21-13(2)11-26-28(21)3)22(29)27-15(10-25)7-14-4-5-18(23)19(24)8-14/h4-6,8,11,15H,7,9-10,25H2,1-3H3,(H,27,29)/t15-/m0/s1. The summed E-state index contributed by atoms with van der Waals surface area (Å²) in [7, 11) is 1.88. The van der Waals surface area contributed by atoms with Crippen molar-refractivity contribution in [2.45, 2.75) is 32.7 Å². The number of nitrogens with two attached hydrogens (primary N) is 1. The molecule has 1 amide bonds. The third-order valence-corrected chi connectivity index (χ3v) is 5.58. The van der Waals surface area contributed by atoms with Crippen LogP contribution in [0.4, 0.5) is 8.78 Å². The van der Waals surface area contributed by atoms with E-state index in [2.05, 4.69) is 10.4 Å². The Kier molecular flexibility index (Phi) is 6.58. The third-order valence-electron chi connectivity index (χ3n) is 5.21. The van der Waals surface area contributed by atoms with Gasteiger partial charge in [0, 0.05) is 30.9 Å². The second-order valence-corrected chi connectivity index (χ2v) is 7.97. The second kappa shape index (κ2) is 8.97. The number of allylic oxidation sites excluding steroid dienone is 3. The van der Waals surface area contributed by atoms with Gasteiger partial charge in [-0.3, -0.25) is 9.48 Å². The fraction of sp³-hybridized carbons (Fsp3) is 0.318. The summed E-state index contributed by atoms with van der Waals surface area (Å²) in [5, 5.41) is 7.15. The molecular formula is C22H24F2N4OS. The Morgan fingerprint density at radius 3 is 2.67 bits per heavy atom. The highest BCUT2D eigenvalue weighted by molar-refractivity contribution is 7.81.